The summed E-state index contributed by atoms with van der Waals surface area (Å²) in [7, 11) is 1.49. The smallest absolute Gasteiger partial charge is 0.341 e. The fraction of sp³-hybridized carbons (Fsp3) is 0.571. The van der Waals surface area contributed by atoms with Crippen molar-refractivity contribution in [2.45, 2.75) is 6.10 Å². The van der Waals surface area contributed by atoms with Gasteiger partial charge in [0.1, 0.15) is 12.9 Å². The van der Waals surface area contributed by atoms with Crippen LogP contribution >= 0.6 is 0 Å². The van der Waals surface area contributed by atoms with E-state index in [1.165, 1.54) is 13.4 Å². The number of rotatable bonds is 1. The number of esters is 1. The molecule has 0 radical (unpaired) electrons. The van der Waals surface area contributed by atoms with Crippen molar-refractivity contribution in [2.24, 2.45) is 5.92 Å². The summed E-state index contributed by atoms with van der Waals surface area (Å²) in [5.41, 5.74) is 0. The Morgan fingerprint density at radius 3 is 3.27 bits per heavy atom. The Bertz CT molecular complexity index is 220. The maximum absolute atomic E-state index is 11.0. The van der Waals surface area contributed by atoms with Crippen LogP contribution in [0.15, 0.2) is 12.0 Å². The zero-order valence-corrected chi connectivity index (χ0v) is 6.07. The van der Waals surface area contributed by atoms with Gasteiger partial charge < -0.3 is 14.2 Å². The van der Waals surface area contributed by atoms with Crippen LogP contribution in [0.25, 0.3) is 0 Å². The minimum Gasteiger partial charge on any atom is -0.497 e. The number of carbonyl (C=O) groups excluding carboxylic acids is 1. The number of hydrogen-bond acceptors (Lipinski definition) is 4. The monoisotopic (exact) mass is 156 g/mol. The van der Waals surface area contributed by atoms with Crippen LogP contribution < -0.4 is 0 Å². The van der Waals surface area contributed by atoms with Crippen LogP contribution in [0.5, 0.6) is 0 Å². The molecule has 0 N–H and O–H groups in total. The van der Waals surface area contributed by atoms with Gasteiger partial charge in [-0.05, 0) is 0 Å². The highest BCUT2D eigenvalue weighted by atomic mass is 16.6. The summed E-state index contributed by atoms with van der Waals surface area (Å²) >= 11 is 0. The molecule has 0 aromatic carbocycles. The van der Waals surface area contributed by atoms with Crippen molar-refractivity contribution in [2.75, 3.05) is 13.7 Å². The summed E-state index contributed by atoms with van der Waals surface area (Å²) in [5.74, 6) is 0.265. The Morgan fingerprint density at radius 2 is 2.55 bits per heavy atom. The van der Waals surface area contributed by atoms with Crippen molar-refractivity contribution in [3.05, 3.63) is 12.0 Å². The molecule has 2 heterocycles. The van der Waals surface area contributed by atoms with E-state index >= 15 is 0 Å². The van der Waals surface area contributed by atoms with E-state index in [4.69, 9.17) is 14.2 Å². The van der Waals surface area contributed by atoms with Crippen LogP contribution in [0.4, 0.5) is 0 Å². The van der Waals surface area contributed by atoms with E-state index in [0.717, 1.165) is 0 Å². The number of ether oxygens (including phenoxy) is 3. The van der Waals surface area contributed by atoms with Crippen molar-refractivity contribution in [1.29, 1.82) is 0 Å². The van der Waals surface area contributed by atoms with E-state index in [2.05, 4.69) is 0 Å². The van der Waals surface area contributed by atoms with Gasteiger partial charge in [-0.1, -0.05) is 0 Å². The van der Waals surface area contributed by atoms with Gasteiger partial charge in [-0.25, -0.2) is 4.79 Å². The van der Waals surface area contributed by atoms with Gasteiger partial charge in [0.2, 0.25) is 0 Å². The van der Waals surface area contributed by atoms with Gasteiger partial charge in [0.15, 0.2) is 11.9 Å². The van der Waals surface area contributed by atoms with Gasteiger partial charge in [-0.15, -0.1) is 0 Å². The molecule has 2 aliphatic heterocycles. The Hall–Kier alpha value is -1.03. The molecule has 0 aliphatic carbocycles. The molecule has 2 aliphatic rings. The molecule has 1 saturated heterocycles. The molecular formula is C7H8O4. The zero-order chi connectivity index (χ0) is 7.84. The zero-order valence-electron chi connectivity index (χ0n) is 6.07. The van der Waals surface area contributed by atoms with Crippen LogP contribution in [0, 0.1) is 5.92 Å². The topological polar surface area (TPSA) is 44.8 Å². The van der Waals surface area contributed by atoms with Crippen LogP contribution in [-0.2, 0) is 19.0 Å². The molecule has 0 aromatic heterocycles. The second-order valence-corrected chi connectivity index (χ2v) is 2.54. The van der Waals surface area contributed by atoms with Crippen LogP contribution in [0.3, 0.4) is 0 Å². The van der Waals surface area contributed by atoms with Gasteiger partial charge in [-0.3, -0.25) is 0 Å². The van der Waals surface area contributed by atoms with Crippen molar-refractivity contribution in [1.82, 2.24) is 0 Å². The third kappa shape index (κ3) is 0.826. The average molecular weight is 156 g/mol. The standard InChI is InChI=1S/C7H8O4/c1-9-6-4-2-10-3-5(4)11-7(6)8/h3-4,6H,2H2,1H3. The molecule has 1 fully saturated rings. The van der Waals surface area contributed by atoms with Gasteiger partial charge in [0, 0.05) is 7.11 Å². The average Bonchev–Trinajstić information content (AvgIpc) is 2.46. The summed E-state index contributed by atoms with van der Waals surface area (Å²) in [6.07, 6.45) is 1.01. The lowest BCUT2D eigenvalue weighted by molar-refractivity contribution is -0.145. The minimum absolute atomic E-state index is 0.0208. The SMILES string of the molecule is COC1C(=O)OC2=COCC21. The van der Waals surface area contributed by atoms with Gasteiger partial charge in [0.25, 0.3) is 0 Å². The Balaban J connectivity index is 2.23. The number of fused-ring (bicyclic) bond motifs is 1. The molecule has 0 aromatic rings. The Labute approximate surface area is 63.7 Å². The summed E-state index contributed by atoms with van der Waals surface area (Å²) in [6.45, 7) is 0.486. The van der Waals surface area contributed by atoms with E-state index in [0.29, 0.717) is 12.4 Å². The first-order valence-corrected chi connectivity index (χ1v) is 3.39. The molecule has 4 nitrogen and oxygen atoms in total. The molecule has 2 unspecified atom stereocenters. The fourth-order valence-corrected chi connectivity index (χ4v) is 1.34. The van der Waals surface area contributed by atoms with E-state index in [9.17, 15) is 4.79 Å². The molecule has 11 heavy (non-hydrogen) atoms. The highest BCUT2D eigenvalue weighted by Gasteiger charge is 2.44. The minimum atomic E-state index is -0.469. The van der Waals surface area contributed by atoms with Crippen molar-refractivity contribution >= 4 is 5.97 Å². The lowest BCUT2D eigenvalue weighted by Crippen LogP contribution is -2.25. The number of methoxy groups -OCH3 is 1. The molecule has 2 rings (SSSR count). The lowest BCUT2D eigenvalue weighted by atomic mass is 10.1. The number of hydrogen-bond donors (Lipinski definition) is 0. The van der Waals surface area contributed by atoms with Crippen LogP contribution in [0.2, 0.25) is 0 Å². The van der Waals surface area contributed by atoms with Crippen molar-refractivity contribution < 1.29 is 19.0 Å². The highest BCUT2D eigenvalue weighted by Crippen LogP contribution is 2.32. The first-order chi connectivity index (χ1) is 5.33. The third-order valence-electron chi connectivity index (χ3n) is 1.91. The van der Waals surface area contributed by atoms with E-state index in [1.54, 1.807) is 0 Å². The summed E-state index contributed by atoms with van der Waals surface area (Å²) < 4.78 is 14.8. The molecule has 0 amide bonds. The van der Waals surface area contributed by atoms with Crippen molar-refractivity contribution in [3.8, 4) is 0 Å². The second kappa shape index (κ2) is 2.23. The molecule has 4 heteroatoms. The summed E-state index contributed by atoms with van der Waals surface area (Å²) in [6, 6.07) is 0. The molecule has 0 spiro atoms. The molecule has 0 bridgehead atoms. The Morgan fingerprint density at radius 1 is 1.73 bits per heavy atom. The molecule has 2 atom stereocenters. The van der Waals surface area contributed by atoms with E-state index in [-0.39, 0.29) is 11.9 Å². The van der Waals surface area contributed by atoms with E-state index < -0.39 is 6.10 Å². The van der Waals surface area contributed by atoms with Crippen LogP contribution in [-0.4, -0.2) is 25.8 Å². The van der Waals surface area contributed by atoms with Gasteiger partial charge in [-0.2, -0.15) is 0 Å². The lowest BCUT2D eigenvalue weighted by Gasteiger charge is -2.07. The normalized spacial score (nSPS) is 34.3. The molecule has 60 valence electrons. The van der Waals surface area contributed by atoms with Crippen LogP contribution in [0.1, 0.15) is 0 Å². The molecular weight excluding hydrogens is 148 g/mol. The second-order valence-electron chi connectivity index (χ2n) is 2.54. The first kappa shape index (κ1) is 6.67. The highest BCUT2D eigenvalue weighted by molar-refractivity contribution is 5.79. The maximum Gasteiger partial charge on any atom is 0.341 e. The molecule has 0 saturated carbocycles. The number of carbonyl (C=O) groups is 1. The Kier molecular flexibility index (Phi) is 1.35. The quantitative estimate of drug-likeness (QED) is 0.503. The summed E-state index contributed by atoms with van der Waals surface area (Å²) in [4.78, 5) is 11.0. The van der Waals surface area contributed by atoms with Crippen molar-refractivity contribution in [3.63, 3.8) is 0 Å². The van der Waals surface area contributed by atoms with E-state index in [1.807, 2.05) is 0 Å². The summed E-state index contributed by atoms with van der Waals surface area (Å²) in [5, 5.41) is 0. The van der Waals surface area contributed by atoms with Gasteiger partial charge in [0.05, 0.1) is 5.92 Å². The first-order valence-electron chi connectivity index (χ1n) is 3.39. The predicted octanol–water partition coefficient (Wildman–Crippen LogP) is 0.0460. The third-order valence-corrected chi connectivity index (χ3v) is 1.91. The van der Waals surface area contributed by atoms with Gasteiger partial charge >= 0.3 is 5.97 Å². The fourth-order valence-electron chi connectivity index (χ4n) is 1.34. The maximum atomic E-state index is 11.0. The largest absolute Gasteiger partial charge is 0.497 e. The predicted molar refractivity (Wildman–Crippen MR) is 34.4 cm³/mol.